The lowest BCUT2D eigenvalue weighted by Crippen LogP contribution is -2.34. The molecule has 0 fully saturated rings. The molecule has 1 atom stereocenters. The zero-order valence-corrected chi connectivity index (χ0v) is 13.0. The van der Waals surface area contributed by atoms with E-state index in [4.69, 9.17) is 4.74 Å². The van der Waals surface area contributed by atoms with Gasteiger partial charge in [-0.25, -0.2) is 4.79 Å². The van der Waals surface area contributed by atoms with Crippen LogP contribution in [0.25, 0.3) is 0 Å². The summed E-state index contributed by atoms with van der Waals surface area (Å²) in [5.41, 5.74) is 2.32. The lowest BCUT2D eigenvalue weighted by Gasteiger charge is -2.25. The monoisotopic (exact) mass is 279 g/mol. The molecule has 0 aliphatic heterocycles. The van der Waals surface area contributed by atoms with E-state index in [2.05, 4.69) is 39.4 Å². The predicted molar refractivity (Wildman–Crippen MR) is 82.2 cm³/mol. The van der Waals surface area contributed by atoms with Crippen LogP contribution in [0.3, 0.4) is 0 Å². The molecule has 0 aliphatic carbocycles. The van der Waals surface area contributed by atoms with Gasteiger partial charge in [0.25, 0.3) is 0 Å². The van der Waals surface area contributed by atoms with E-state index >= 15 is 0 Å². The second-order valence-electron chi connectivity index (χ2n) is 5.07. The summed E-state index contributed by atoms with van der Waals surface area (Å²) in [6, 6.07) is 8.46. The van der Waals surface area contributed by atoms with E-state index in [0.29, 0.717) is 13.2 Å². The van der Waals surface area contributed by atoms with Gasteiger partial charge in [-0.15, -0.1) is 0 Å². The molecule has 0 heterocycles. The molecule has 0 bridgehead atoms. The summed E-state index contributed by atoms with van der Waals surface area (Å²) in [5.74, 6) is 0. The molecule has 1 aromatic carbocycles. The highest BCUT2D eigenvalue weighted by Crippen LogP contribution is 2.20. The minimum absolute atomic E-state index is 0.121. The van der Waals surface area contributed by atoms with Gasteiger partial charge in [0.2, 0.25) is 0 Å². The molecule has 0 unspecified atom stereocenters. The molecule has 0 aliphatic rings. The SMILES string of the molecule is CCOC(=O)NC[C@H](c1ccc(N(C)C)cc1)N(C)C. The van der Waals surface area contributed by atoms with Crippen LogP contribution < -0.4 is 10.2 Å². The second-order valence-corrected chi connectivity index (χ2v) is 5.07. The molecule has 0 saturated carbocycles. The summed E-state index contributed by atoms with van der Waals surface area (Å²) in [6.45, 7) is 2.70. The average molecular weight is 279 g/mol. The van der Waals surface area contributed by atoms with E-state index in [-0.39, 0.29) is 12.1 Å². The number of ether oxygens (including phenoxy) is 1. The van der Waals surface area contributed by atoms with Gasteiger partial charge < -0.3 is 19.9 Å². The number of carbonyl (C=O) groups is 1. The summed E-state index contributed by atoms with van der Waals surface area (Å²) in [6.07, 6.45) is -0.371. The Bertz CT molecular complexity index is 416. The summed E-state index contributed by atoms with van der Waals surface area (Å²) < 4.78 is 4.88. The lowest BCUT2D eigenvalue weighted by molar-refractivity contribution is 0.148. The fourth-order valence-electron chi connectivity index (χ4n) is 1.96. The van der Waals surface area contributed by atoms with Gasteiger partial charge >= 0.3 is 6.09 Å². The Hall–Kier alpha value is -1.75. The number of rotatable bonds is 6. The number of alkyl carbamates (subject to hydrolysis) is 1. The Morgan fingerprint density at radius 2 is 1.80 bits per heavy atom. The summed E-state index contributed by atoms with van der Waals surface area (Å²) in [7, 11) is 8.02. The quantitative estimate of drug-likeness (QED) is 0.866. The molecule has 1 rings (SSSR count). The molecule has 1 aromatic rings. The van der Waals surface area contributed by atoms with Crippen LogP contribution in [0.5, 0.6) is 0 Å². The van der Waals surface area contributed by atoms with Crippen LogP contribution in [0.2, 0.25) is 0 Å². The maximum atomic E-state index is 11.4. The van der Waals surface area contributed by atoms with Crippen molar-refractivity contribution in [2.45, 2.75) is 13.0 Å². The summed E-state index contributed by atoms with van der Waals surface area (Å²) >= 11 is 0. The normalized spacial score (nSPS) is 12.1. The number of hydrogen-bond donors (Lipinski definition) is 1. The van der Waals surface area contributed by atoms with Gasteiger partial charge in [0, 0.05) is 26.3 Å². The molecule has 1 N–H and O–H groups in total. The maximum absolute atomic E-state index is 11.4. The van der Waals surface area contributed by atoms with Crippen LogP contribution in [0.15, 0.2) is 24.3 Å². The van der Waals surface area contributed by atoms with Crippen LogP contribution in [-0.2, 0) is 4.74 Å². The minimum atomic E-state index is -0.371. The van der Waals surface area contributed by atoms with Crippen molar-refractivity contribution in [2.24, 2.45) is 0 Å². The van der Waals surface area contributed by atoms with E-state index in [1.807, 2.05) is 28.2 Å². The Kier molecular flexibility index (Phi) is 6.31. The van der Waals surface area contributed by atoms with E-state index in [9.17, 15) is 4.79 Å². The fraction of sp³-hybridized carbons (Fsp3) is 0.533. The highest BCUT2D eigenvalue weighted by Gasteiger charge is 2.15. The van der Waals surface area contributed by atoms with Gasteiger partial charge in [0.15, 0.2) is 0 Å². The van der Waals surface area contributed by atoms with Crippen molar-refractivity contribution in [3.63, 3.8) is 0 Å². The average Bonchev–Trinajstić information content (AvgIpc) is 2.39. The Morgan fingerprint density at radius 3 is 2.25 bits per heavy atom. The molecule has 0 aromatic heterocycles. The van der Waals surface area contributed by atoms with Crippen LogP contribution in [-0.4, -0.2) is 52.3 Å². The van der Waals surface area contributed by atoms with Crippen LogP contribution in [0.1, 0.15) is 18.5 Å². The molecule has 0 radical (unpaired) electrons. The van der Waals surface area contributed by atoms with Crippen molar-refractivity contribution in [3.8, 4) is 0 Å². The standard InChI is InChI=1S/C15H25N3O2/c1-6-20-15(19)16-11-14(18(4)5)12-7-9-13(10-8-12)17(2)3/h7-10,14H,6,11H2,1-5H3,(H,16,19)/t14-/m1/s1. The molecule has 5 nitrogen and oxygen atoms in total. The van der Waals surface area contributed by atoms with Crippen molar-refractivity contribution in [1.82, 2.24) is 10.2 Å². The highest BCUT2D eigenvalue weighted by atomic mass is 16.5. The van der Waals surface area contributed by atoms with Crippen molar-refractivity contribution in [1.29, 1.82) is 0 Å². The van der Waals surface area contributed by atoms with Gasteiger partial charge in [-0.3, -0.25) is 0 Å². The number of amides is 1. The Labute approximate surface area is 121 Å². The van der Waals surface area contributed by atoms with E-state index < -0.39 is 0 Å². The fourth-order valence-corrected chi connectivity index (χ4v) is 1.96. The number of likely N-dealkylation sites (N-methyl/N-ethyl adjacent to an activating group) is 1. The van der Waals surface area contributed by atoms with E-state index in [0.717, 1.165) is 11.3 Å². The third kappa shape index (κ3) is 4.74. The van der Waals surface area contributed by atoms with Crippen LogP contribution in [0, 0.1) is 0 Å². The van der Waals surface area contributed by atoms with Gasteiger partial charge in [-0.05, 0) is 38.7 Å². The first-order chi connectivity index (χ1) is 9.45. The molecule has 112 valence electrons. The number of anilines is 1. The number of hydrogen-bond acceptors (Lipinski definition) is 4. The van der Waals surface area contributed by atoms with Crippen molar-refractivity contribution in [2.75, 3.05) is 46.2 Å². The van der Waals surface area contributed by atoms with Gasteiger partial charge in [-0.1, -0.05) is 12.1 Å². The highest BCUT2D eigenvalue weighted by molar-refractivity contribution is 5.67. The number of carbonyl (C=O) groups excluding carboxylic acids is 1. The summed E-state index contributed by atoms with van der Waals surface area (Å²) in [4.78, 5) is 15.5. The smallest absolute Gasteiger partial charge is 0.407 e. The molecule has 0 spiro atoms. The molecule has 5 heteroatoms. The van der Waals surface area contributed by atoms with Gasteiger partial charge in [0.1, 0.15) is 0 Å². The number of benzene rings is 1. The summed E-state index contributed by atoms with van der Waals surface area (Å²) in [5, 5.41) is 2.79. The Morgan fingerprint density at radius 1 is 1.20 bits per heavy atom. The topological polar surface area (TPSA) is 44.8 Å². The van der Waals surface area contributed by atoms with E-state index in [1.54, 1.807) is 6.92 Å². The maximum Gasteiger partial charge on any atom is 0.407 e. The van der Waals surface area contributed by atoms with Crippen molar-refractivity contribution >= 4 is 11.8 Å². The molecule has 0 saturated heterocycles. The van der Waals surface area contributed by atoms with Crippen molar-refractivity contribution < 1.29 is 9.53 Å². The first kappa shape index (κ1) is 16.3. The lowest BCUT2D eigenvalue weighted by atomic mass is 10.1. The van der Waals surface area contributed by atoms with Crippen LogP contribution in [0.4, 0.5) is 10.5 Å². The third-order valence-electron chi connectivity index (χ3n) is 3.13. The first-order valence-electron chi connectivity index (χ1n) is 6.80. The Balaban J connectivity index is 2.73. The second kappa shape index (κ2) is 7.75. The van der Waals surface area contributed by atoms with Gasteiger partial charge in [0.05, 0.1) is 12.6 Å². The molecular formula is C15H25N3O2. The van der Waals surface area contributed by atoms with E-state index in [1.165, 1.54) is 0 Å². The largest absolute Gasteiger partial charge is 0.450 e. The molecular weight excluding hydrogens is 254 g/mol. The molecule has 20 heavy (non-hydrogen) atoms. The van der Waals surface area contributed by atoms with Crippen molar-refractivity contribution in [3.05, 3.63) is 29.8 Å². The number of nitrogens with zero attached hydrogens (tertiary/aromatic N) is 2. The first-order valence-corrected chi connectivity index (χ1v) is 6.80. The molecule has 1 amide bonds. The third-order valence-corrected chi connectivity index (χ3v) is 3.13. The van der Waals surface area contributed by atoms with Crippen LogP contribution >= 0.6 is 0 Å². The predicted octanol–water partition coefficient (Wildman–Crippen LogP) is 2.10. The zero-order chi connectivity index (χ0) is 15.1. The van der Waals surface area contributed by atoms with Gasteiger partial charge in [-0.2, -0.15) is 0 Å². The zero-order valence-electron chi connectivity index (χ0n) is 13.0. The number of nitrogens with one attached hydrogen (secondary N) is 1. The minimum Gasteiger partial charge on any atom is -0.450 e.